The first kappa shape index (κ1) is 25.9. The first-order valence-electron chi connectivity index (χ1n) is 13.9. The average Bonchev–Trinajstić information content (AvgIpc) is 3.73. The number of aryl methyl sites for hydroxylation is 1. The van der Waals surface area contributed by atoms with E-state index in [1.54, 1.807) is 6.33 Å². The lowest BCUT2D eigenvalue weighted by Gasteiger charge is -2.24. The molecule has 3 aromatic rings. The van der Waals surface area contributed by atoms with Gasteiger partial charge in [-0.2, -0.15) is 11.8 Å². The molecule has 7 heterocycles. The average molecular weight is 571 g/mol. The van der Waals surface area contributed by atoms with Gasteiger partial charge < -0.3 is 30.6 Å². The van der Waals surface area contributed by atoms with Gasteiger partial charge in [-0.05, 0) is 33.1 Å². The number of nitrogen functional groups attached to an aromatic ring is 1. The van der Waals surface area contributed by atoms with E-state index in [0.717, 1.165) is 43.6 Å². The Morgan fingerprint density at radius 2 is 2.02 bits per heavy atom. The van der Waals surface area contributed by atoms with E-state index in [0.29, 0.717) is 28.8 Å². The van der Waals surface area contributed by atoms with Crippen LogP contribution in [-0.2, 0) is 27.2 Å². The lowest BCUT2D eigenvalue weighted by Crippen LogP contribution is -2.36. The highest BCUT2D eigenvalue weighted by atomic mass is 32.2. The molecule has 4 aliphatic heterocycles. The Labute approximate surface area is 235 Å². The third kappa shape index (κ3) is 4.78. The van der Waals surface area contributed by atoms with Crippen molar-refractivity contribution in [3.8, 4) is 0 Å². The van der Waals surface area contributed by atoms with Crippen LogP contribution in [0.1, 0.15) is 51.5 Å². The number of hydrogen-bond acceptors (Lipinski definition) is 11. The van der Waals surface area contributed by atoms with E-state index in [1.165, 1.54) is 6.33 Å². The van der Waals surface area contributed by atoms with Crippen molar-refractivity contribution in [3.05, 3.63) is 24.5 Å². The monoisotopic (exact) mass is 570 g/mol. The number of thioether (sulfide) groups is 1. The lowest BCUT2D eigenvalue weighted by atomic mass is 10.0. The van der Waals surface area contributed by atoms with Crippen molar-refractivity contribution in [1.82, 2.24) is 45.1 Å². The first-order chi connectivity index (χ1) is 19.3. The van der Waals surface area contributed by atoms with Crippen LogP contribution in [0.4, 0.5) is 10.6 Å². The van der Waals surface area contributed by atoms with Crippen LogP contribution in [0.15, 0.2) is 18.9 Å². The standard InChI is InChI=1S/C25H34N10O4S/c1-25(2)38-19-15(37-23(20(19)39-25)35-12-29-18-21(26)27-11-28-22(18)35)9-34-8-13(32-33-34)6-4-3-5-7-16-17-14(10-40-16)30-24(36)31-17/h8,11-12,14-17,19-20,23H,3-7,9-10H2,1-2H3,(H2,26,27,28)(H2,30,31,36)/t14-,15?,16-,17-,19+,20+,23+/m0/s1. The molecule has 1 unspecified atom stereocenters. The number of fused-ring (bicyclic) bond motifs is 3. The Bertz CT molecular complexity index is 1400. The maximum absolute atomic E-state index is 11.6. The van der Waals surface area contributed by atoms with Gasteiger partial charge in [-0.15, -0.1) is 5.10 Å². The van der Waals surface area contributed by atoms with Crippen molar-refractivity contribution in [2.45, 2.75) is 100 Å². The Morgan fingerprint density at radius 1 is 1.15 bits per heavy atom. The molecule has 4 N–H and O–H groups in total. The summed E-state index contributed by atoms with van der Waals surface area (Å²) in [5.41, 5.74) is 8.07. The number of rotatable bonds is 9. The van der Waals surface area contributed by atoms with Crippen LogP contribution in [0.3, 0.4) is 0 Å². The number of carbonyl (C=O) groups excluding carboxylic acids is 1. The molecule has 7 atom stereocenters. The molecule has 0 spiro atoms. The number of nitrogens with one attached hydrogen (secondary N) is 2. The Morgan fingerprint density at radius 3 is 2.92 bits per heavy atom. The summed E-state index contributed by atoms with van der Waals surface area (Å²) in [5.74, 6) is 0.575. The number of aromatic nitrogens is 7. The molecule has 2 amide bonds. The number of ether oxygens (including phenoxy) is 3. The molecule has 40 heavy (non-hydrogen) atoms. The summed E-state index contributed by atoms with van der Waals surface area (Å²) in [6.07, 6.45) is 8.93. The zero-order chi connectivity index (χ0) is 27.4. The minimum absolute atomic E-state index is 0.0249. The molecular formula is C25H34N10O4S. The van der Waals surface area contributed by atoms with Crippen LogP contribution < -0.4 is 16.4 Å². The van der Waals surface area contributed by atoms with Gasteiger partial charge in [-0.25, -0.2) is 24.4 Å². The molecule has 7 rings (SSSR count). The second kappa shape index (κ2) is 10.1. The van der Waals surface area contributed by atoms with E-state index in [-0.39, 0.29) is 36.4 Å². The minimum Gasteiger partial charge on any atom is -0.382 e. The molecule has 0 saturated carbocycles. The summed E-state index contributed by atoms with van der Waals surface area (Å²) < 4.78 is 22.7. The maximum Gasteiger partial charge on any atom is 0.315 e. The fraction of sp³-hybridized carbons (Fsp3) is 0.680. The predicted molar refractivity (Wildman–Crippen MR) is 145 cm³/mol. The molecule has 0 radical (unpaired) electrons. The van der Waals surface area contributed by atoms with E-state index in [1.807, 2.05) is 41.1 Å². The number of unbranched alkanes of at least 4 members (excludes halogenated alkanes) is 2. The van der Waals surface area contributed by atoms with Crippen LogP contribution >= 0.6 is 11.8 Å². The van der Waals surface area contributed by atoms with Gasteiger partial charge in [0.2, 0.25) is 0 Å². The lowest BCUT2D eigenvalue weighted by molar-refractivity contribution is -0.197. The highest BCUT2D eigenvalue weighted by Crippen LogP contribution is 2.44. The van der Waals surface area contributed by atoms with Crippen LogP contribution in [-0.4, -0.2) is 87.7 Å². The smallest absolute Gasteiger partial charge is 0.315 e. The molecule has 0 aromatic carbocycles. The van der Waals surface area contributed by atoms with Crippen LogP contribution in [0.25, 0.3) is 11.2 Å². The number of amides is 2. The molecule has 4 aliphatic rings. The molecule has 14 nitrogen and oxygen atoms in total. The van der Waals surface area contributed by atoms with E-state index in [9.17, 15) is 4.79 Å². The van der Waals surface area contributed by atoms with Gasteiger partial charge in [0, 0.05) is 17.2 Å². The molecule has 4 saturated heterocycles. The van der Waals surface area contributed by atoms with Gasteiger partial charge in [0.1, 0.15) is 30.2 Å². The highest BCUT2D eigenvalue weighted by molar-refractivity contribution is 8.00. The molecule has 4 fully saturated rings. The SMILES string of the molecule is CC1(C)O[C@@H]2[C@H](O1)C(Cn1cc(CCCCC[C@@H]3SC[C@@H]4NC(=O)N[C@@H]43)nn1)O[C@H]2n1cnc2c(N)ncnc21. The van der Waals surface area contributed by atoms with E-state index >= 15 is 0 Å². The summed E-state index contributed by atoms with van der Waals surface area (Å²) in [6, 6.07) is 0.530. The summed E-state index contributed by atoms with van der Waals surface area (Å²) in [7, 11) is 0. The Kier molecular flexibility index (Phi) is 6.56. The van der Waals surface area contributed by atoms with Crippen molar-refractivity contribution in [3.63, 3.8) is 0 Å². The van der Waals surface area contributed by atoms with Gasteiger partial charge in [-0.3, -0.25) is 4.57 Å². The third-order valence-corrected chi connectivity index (χ3v) is 9.61. The number of nitrogens with two attached hydrogens (primary N) is 1. The Hall–Kier alpha value is -3.01. The second-order valence-electron chi connectivity index (χ2n) is 11.4. The van der Waals surface area contributed by atoms with Crippen molar-refractivity contribution < 1.29 is 19.0 Å². The fourth-order valence-electron chi connectivity index (χ4n) is 6.28. The molecule has 214 valence electrons. The van der Waals surface area contributed by atoms with Gasteiger partial charge in [0.05, 0.1) is 30.6 Å². The highest BCUT2D eigenvalue weighted by Gasteiger charge is 2.56. The van der Waals surface area contributed by atoms with Crippen LogP contribution in [0.2, 0.25) is 0 Å². The van der Waals surface area contributed by atoms with Gasteiger partial charge in [0.25, 0.3) is 0 Å². The zero-order valence-electron chi connectivity index (χ0n) is 22.5. The quantitative estimate of drug-likeness (QED) is 0.251. The number of nitrogens with zero attached hydrogens (tertiary/aromatic N) is 7. The fourth-order valence-corrected chi connectivity index (χ4v) is 7.83. The topological polar surface area (TPSA) is 169 Å². The molecule has 15 heteroatoms. The summed E-state index contributed by atoms with van der Waals surface area (Å²) >= 11 is 1.97. The molecule has 3 aromatic heterocycles. The first-order valence-corrected chi connectivity index (χ1v) is 14.9. The summed E-state index contributed by atoms with van der Waals surface area (Å²) in [6.45, 7) is 4.29. The number of hydrogen-bond donors (Lipinski definition) is 3. The van der Waals surface area contributed by atoms with Crippen molar-refractivity contribution in [2.24, 2.45) is 0 Å². The zero-order valence-corrected chi connectivity index (χ0v) is 23.3. The predicted octanol–water partition coefficient (Wildman–Crippen LogP) is 1.39. The number of carbonyl (C=O) groups is 1. The second-order valence-corrected chi connectivity index (χ2v) is 12.6. The minimum atomic E-state index is -0.745. The molecular weight excluding hydrogens is 536 g/mol. The van der Waals surface area contributed by atoms with Crippen molar-refractivity contribution >= 4 is 34.8 Å². The Balaban J connectivity index is 0.949. The van der Waals surface area contributed by atoms with Crippen molar-refractivity contribution in [2.75, 3.05) is 11.5 Å². The van der Waals surface area contributed by atoms with E-state index in [2.05, 4.69) is 35.9 Å². The maximum atomic E-state index is 11.6. The van der Waals surface area contributed by atoms with E-state index < -0.39 is 12.0 Å². The molecule has 0 bridgehead atoms. The van der Waals surface area contributed by atoms with Crippen LogP contribution in [0, 0.1) is 0 Å². The molecule has 0 aliphatic carbocycles. The number of anilines is 1. The van der Waals surface area contributed by atoms with Crippen molar-refractivity contribution in [1.29, 1.82) is 0 Å². The van der Waals surface area contributed by atoms with Gasteiger partial charge in [0.15, 0.2) is 23.5 Å². The third-order valence-electron chi connectivity index (χ3n) is 8.10. The number of imidazole rings is 1. The number of urea groups is 1. The summed E-state index contributed by atoms with van der Waals surface area (Å²) in [5, 5.41) is 15.3. The van der Waals surface area contributed by atoms with E-state index in [4.69, 9.17) is 19.9 Å². The summed E-state index contributed by atoms with van der Waals surface area (Å²) in [4.78, 5) is 24.4. The van der Waals surface area contributed by atoms with Gasteiger partial charge >= 0.3 is 6.03 Å². The van der Waals surface area contributed by atoms with Gasteiger partial charge in [-0.1, -0.05) is 18.1 Å². The van der Waals surface area contributed by atoms with Crippen LogP contribution in [0.5, 0.6) is 0 Å². The largest absolute Gasteiger partial charge is 0.382 e. The normalized spacial score (nSPS) is 32.4.